The first kappa shape index (κ1) is 17.6. The summed E-state index contributed by atoms with van der Waals surface area (Å²) in [5.74, 6) is -4.60. The number of halogens is 5. The molecule has 0 spiro atoms. The molecule has 7 heteroatoms. The summed E-state index contributed by atoms with van der Waals surface area (Å²) in [6.07, 6.45) is -5.05. The number of likely N-dealkylation sites (N-methyl/N-ethyl adjacent to an activating group) is 1. The van der Waals surface area contributed by atoms with Crippen LogP contribution in [0.2, 0.25) is 0 Å². The van der Waals surface area contributed by atoms with Crippen molar-refractivity contribution in [1.29, 1.82) is 0 Å². The Kier molecular flexibility index (Phi) is 6.00. The van der Waals surface area contributed by atoms with Crippen molar-refractivity contribution < 1.29 is 22.0 Å². The maximum atomic E-state index is 13.3. The van der Waals surface area contributed by atoms with Crippen molar-refractivity contribution in [1.82, 2.24) is 4.90 Å². The Morgan fingerprint density at radius 2 is 1.50 bits per heavy atom. The molecule has 0 bridgehead atoms. The van der Waals surface area contributed by atoms with Crippen LogP contribution in [-0.4, -0.2) is 42.7 Å². The molecule has 0 heterocycles. The van der Waals surface area contributed by atoms with Crippen LogP contribution in [0.25, 0.3) is 0 Å². The Balaban J connectivity index is 4.98. The normalized spacial score (nSPS) is 17.3. The van der Waals surface area contributed by atoms with Crippen LogP contribution in [0.5, 0.6) is 0 Å². The van der Waals surface area contributed by atoms with Crippen LogP contribution in [0, 0.1) is 5.92 Å². The minimum absolute atomic E-state index is 0.209. The van der Waals surface area contributed by atoms with Crippen molar-refractivity contribution >= 4 is 0 Å². The van der Waals surface area contributed by atoms with Crippen molar-refractivity contribution in [3.05, 3.63) is 0 Å². The number of nitrogens with zero attached hydrogens (tertiary/aromatic N) is 1. The topological polar surface area (TPSA) is 29.3 Å². The lowest BCUT2D eigenvalue weighted by molar-refractivity contribution is -0.302. The molecule has 0 aromatic carbocycles. The molecule has 0 aliphatic rings. The van der Waals surface area contributed by atoms with Gasteiger partial charge in [-0.2, -0.15) is 22.0 Å². The predicted octanol–water partition coefficient (Wildman–Crippen LogP) is 2.88. The minimum Gasteiger partial charge on any atom is -0.329 e. The molecule has 0 saturated heterocycles. The first-order valence-electron chi connectivity index (χ1n) is 5.81. The molecule has 2 unspecified atom stereocenters. The number of nitrogens with two attached hydrogens (primary N) is 1. The van der Waals surface area contributed by atoms with Crippen LogP contribution in [0.15, 0.2) is 0 Å². The van der Waals surface area contributed by atoms with E-state index in [-0.39, 0.29) is 5.92 Å². The summed E-state index contributed by atoms with van der Waals surface area (Å²) in [5, 5.41) is 0. The molecule has 0 radical (unpaired) electrons. The first-order valence-corrected chi connectivity index (χ1v) is 5.81. The Labute approximate surface area is 104 Å². The highest BCUT2D eigenvalue weighted by Gasteiger charge is 2.63. The third-order valence-corrected chi connectivity index (χ3v) is 3.02. The van der Waals surface area contributed by atoms with Crippen LogP contribution in [0.1, 0.15) is 27.2 Å². The Hall–Kier alpha value is -0.430. The van der Waals surface area contributed by atoms with Crippen molar-refractivity contribution in [2.45, 2.75) is 51.4 Å². The summed E-state index contributed by atoms with van der Waals surface area (Å²) >= 11 is 0. The van der Waals surface area contributed by atoms with Crippen molar-refractivity contribution in [2.75, 3.05) is 13.6 Å². The number of hydrogen-bond acceptors (Lipinski definition) is 2. The minimum atomic E-state index is -5.58. The lowest BCUT2D eigenvalue weighted by Gasteiger charge is -2.38. The number of alkyl halides is 5. The van der Waals surface area contributed by atoms with Crippen LogP contribution < -0.4 is 5.73 Å². The molecule has 0 saturated carbocycles. The fourth-order valence-electron chi connectivity index (χ4n) is 1.91. The predicted molar refractivity (Wildman–Crippen MR) is 60.5 cm³/mol. The van der Waals surface area contributed by atoms with E-state index in [9.17, 15) is 22.0 Å². The van der Waals surface area contributed by atoms with E-state index in [0.29, 0.717) is 6.42 Å². The van der Waals surface area contributed by atoms with Crippen LogP contribution in [0.3, 0.4) is 0 Å². The summed E-state index contributed by atoms with van der Waals surface area (Å²) in [5.41, 5.74) is 5.10. The van der Waals surface area contributed by atoms with Crippen molar-refractivity contribution in [3.8, 4) is 0 Å². The second-order valence-electron chi connectivity index (χ2n) is 5.02. The molecule has 2 atom stereocenters. The van der Waals surface area contributed by atoms with Gasteiger partial charge in [0.15, 0.2) is 0 Å². The summed E-state index contributed by atoms with van der Waals surface area (Å²) in [6.45, 7) is 4.63. The monoisotopic (exact) mass is 276 g/mol. The fourth-order valence-corrected chi connectivity index (χ4v) is 1.91. The zero-order chi connectivity index (χ0) is 14.7. The van der Waals surface area contributed by atoms with Gasteiger partial charge in [-0.1, -0.05) is 13.8 Å². The van der Waals surface area contributed by atoms with Crippen LogP contribution in [0.4, 0.5) is 22.0 Å². The zero-order valence-electron chi connectivity index (χ0n) is 11.1. The van der Waals surface area contributed by atoms with Crippen LogP contribution >= 0.6 is 0 Å². The van der Waals surface area contributed by atoms with E-state index < -0.39 is 30.7 Å². The van der Waals surface area contributed by atoms with E-state index in [1.165, 1.54) is 7.05 Å². The van der Waals surface area contributed by atoms with Gasteiger partial charge in [0, 0.05) is 12.6 Å². The second-order valence-corrected chi connectivity index (χ2v) is 5.02. The lowest BCUT2D eigenvalue weighted by Crippen LogP contribution is -2.59. The molecule has 0 fully saturated rings. The summed E-state index contributed by atoms with van der Waals surface area (Å²) in [4.78, 5) is 1.02. The Morgan fingerprint density at radius 1 is 1.06 bits per heavy atom. The highest BCUT2D eigenvalue weighted by molar-refractivity contribution is 4.92. The molecule has 2 N–H and O–H groups in total. The maximum Gasteiger partial charge on any atom is 0.455 e. The lowest BCUT2D eigenvalue weighted by atomic mass is 10.0. The fraction of sp³-hybridized carbons (Fsp3) is 1.00. The average Bonchev–Trinajstić information content (AvgIpc) is 2.15. The van der Waals surface area contributed by atoms with E-state index in [1.54, 1.807) is 6.92 Å². The molecule has 0 aromatic heterocycles. The van der Waals surface area contributed by atoms with Gasteiger partial charge in [-0.3, -0.25) is 4.90 Å². The van der Waals surface area contributed by atoms with Gasteiger partial charge in [-0.05, 0) is 26.3 Å². The average molecular weight is 276 g/mol. The summed E-state index contributed by atoms with van der Waals surface area (Å²) < 4.78 is 63.6. The van der Waals surface area contributed by atoms with E-state index in [1.807, 2.05) is 13.8 Å². The third kappa shape index (κ3) is 4.05. The van der Waals surface area contributed by atoms with Gasteiger partial charge in [0.1, 0.15) is 0 Å². The SMILES string of the molecule is CC(C)CC(C)N(C)C(CN)C(F)(F)C(F)(F)F. The van der Waals surface area contributed by atoms with E-state index in [2.05, 4.69) is 0 Å². The van der Waals surface area contributed by atoms with Crippen molar-refractivity contribution in [2.24, 2.45) is 11.7 Å². The van der Waals surface area contributed by atoms with Gasteiger partial charge in [-0.25, -0.2) is 0 Å². The van der Waals surface area contributed by atoms with Gasteiger partial charge in [0.2, 0.25) is 0 Å². The Bertz CT molecular complexity index is 252. The molecule has 2 nitrogen and oxygen atoms in total. The molecule has 0 aliphatic carbocycles. The van der Waals surface area contributed by atoms with Gasteiger partial charge in [-0.15, -0.1) is 0 Å². The van der Waals surface area contributed by atoms with Crippen molar-refractivity contribution in [3.63, 3.8) is 0 Å². The molecule has 18 heavy (non-hydrogen) atoms. The third-order valence-electron chi connectivity index (χ3n) is 3.02. The van der Waals surface area contributed by atoms with Gasteiger partial charge in [0.05, 0.1) is 6.04 Å². The molecule has 0 amide bonds. The zero-order valence-corrected chi connectivity index (χ0v) is 11.1. The number of hydrogen-bond donors (Lipinski definition) is 1. The summed E-state index contributed by atoms with van der Waals surface area (Å²) in [7, 11) is 1.25. The molecule has 0 aromatic rings. The highest BCUT2D eigenvalue weighted by Crippen LogP contribution is 2.40. The quantitative estimate of drug-likeness (QED) is 0.756. The molecular weight excluding hydrogens is 255 g/mol. The van der Waals surface area contributed by atoms with Gasteiger partial charge >= 0.3 is 12.1 Å². The maximum absolute atomic E-state index is 13.3. The Morgan fingerprint density at radius 3 is 1.78 bits per heavy atom. The van der Waals surface area contributed by atoms with E-state index in [0.717, 1.165) is 4.90 Å². The number of rotatable bonds is 6. The summed E-state index contributed by atoms with van der Waals surface area (Å²) in [6, 6.07) is -2.43. The van der Waals surface area contributed by atoms with E-state index >= 15 is 0 Å². The van der Waals surface area contributed by atoms with Crippen LogP contribution in [-0.2, 0) is 0 Å². The molecule has 0 rings (SSSR count). The standard InChI is InChI=1S/C11H21F5N2/c1-7(2)5-8(3)18(4)9(6-17)10(12,13)11(14,15)16/h7-9H,5-6,17H2,1-4H3. The molecule has 110 valence electrons. The van der Waals surface area contributed by atoms with Gasteiger partial charge in [0.25, 0.3) is 0 Å². The highest BCUT2D eigenvalue weighted by atomic mass is 19.4. The molecule has 0 aliphatic heterocycles. The van der Waals surface area contributed by atoms with Gasteiger partial charge < -0.3 is 5.73 Å². The molecular formula is C11H21F5N2. The second kappa shape index (κ2) is 6.14. The largest absolute Gasteiger partial charge is 0.455 e. The van der Waals surface area contributed by atoms with E-state index in [4.69, 9.17) is 5.73 Å². The smallest absolute Gasteiger partial charge is 0.329 e. The first-order chi connectivity index (χ1) is 7.95.